The van der Waals surface area contributed by atoms with Gasteiger partial charge in [-0.3, -0.25) is 39.9 Å². The number of hydrogen-bond acceptors (Lipinski definition) is 18. The molecule has 0 unspecified atom stereocenters. The van der Waals surface area contributed by atoms with E-state index in [1.54, 1.807) is 104 Å². The minimum absolute atomic E-state index is 0. The Balaban J connectivity index is -0.00000147. The maximum absolute atomic E-state index is 8.98. The van der Waals surface area contributed by atoms with Gasteiger partial charge in [-0.1, -0.05) is 243 Å². The summed E-state index contributed by atoms with van der Waals surface area (Å²) in [4.78, 5) is 33.6. The standard InChI is InChI=1S/2C24H20B.4C12H20N2O2.2C4H8O.3H2O.4Ti/c2*1-5-13-21(14-6-1)25(22-15-7-2-8-16-22,23-17-9-3-10-18-23)24-19-11-4-12-20-24;4*1-9(7-11(3)15)13-5-6-14-10(2)8-12(4)16;2*1-2-4-5-3-1;;;;;;;/h2*1-20H;4*7-8,15-16H,5-6H2,1-4H3;2*1-4H2;3*1H2;;;;/q2*-1;;;;;;;;;;;;2*+2/p-2/b;;4*11-7-,12-8-,13-9?,14-10?;;;;;;;;;. The summed E-state index contributed by atoms with van der Waals surface area (Å²) < 4.78 is 23.9. The van der Waals surface area contributed by atoms with Gasteiger partial charge in [-0.2, -0.15) is 43.7 Å². The molecule has 2 aliphatic heterocycles. The summed E-state index contributed by atoms with van der Waals surface area (Å²) in [5, 5.41) is 71.9. The van der Waals surface area contributed by atoms with Crippen molar-refractivity contribution in [2.45, 2.75) is 136 Å². The van der Waals surface area contributed by atoms with Crippen LogP contribution < -0.4 is 43.7 Å². The van der Waals surface area contributed by atoms with E-state index in [9.17, 15) is 0 Å². The van der Waals surface area contributed by atoms with Gasteiger partial charge in [0.1, 0.15) is 12.3 Å². The summed E-state index contributed by atoms with van der Waals surface area (Å²) in [6, 6.07) is 87.1. The van der Waals surface area contributed by atoms with Crippen LogP contribution >= 0.6 is 0 Å². The second-order valence-corrected chi connectivity index (χ2v) is 30.1. The zero-order valence-corrected chi connectivity index (χ0v) is 85.8. The van der Waals surface area contributed by atoms with Crippen LogP contribution in [0.1, 0.15) is 136 Å². The Morgan fingerprint density at radius 1 is 0.229 bits per heavy atom. The van der Waals surface area contributed by atoms with Crippen LogP contribution in [0.5, 0.6) is 0 Å². The molecule has 696 valence electrons. The van der Waals surface area contributed by atoms with Crippen LogP contribution in [0.25, 0.3) is 0 Å². The molecule has 21 nitrogen and oxygen atoms in total. The van der Waals surface area contributed by atoms with Crippen molar-refractivity contribution in [2.75, 3.05) is 78.8 Å². The van der Waals surface area contributed by atoms with Gasteiger partial charge < -0.3 is 55.8 Å². The van der Waals surface area contributed by atoms with Crippen molar-refractivity contribution >= 4 is 102 Å². The van der Waals surface area contributed by atoms with E-state index in [1.807, 2.05) is 55.4 Å². The number of rotatable bonds is 28. The fourth-order valence-corrected chi connectivity index (χ4v) is 13.9. The molecule has 12 N–H and O–H groups in total. The number of ether oxygens (including phenoxy) is 2. The third-order valence-corrected chi connectivity index (χ3v) is 18.7. The zero-order valence-electron chi connectivity index (χ0n) is 79.5. The summed E-state index contributed by atoms with van der Waals surface area (Å²) in [5.74, 6) is 2.00. The van der Waals surface area contributed by atoms with E-state index in [1.165, 1.54) is 69.4 Å². The molecule has 27 heteroatoms. The number of nitrogens with zero attached hydrogens (tertiary/aromatic N) is 8. The second kappa shape index (κ2) is 77.5. The molecule has 0 spiro atoms. The molecular formula is C104H140B2N8O13Ti4. The number of benzene rings is 8. The summed E-state index contributed by atoms with van der Waals surface area (Å²) in [7, 11) is 0. The topological polar surface area (TPSA) is 353 Å². The van der Waals surface area contributed by atoms with Crippen LogP contribution in [0.3, 0.4) is 0 Å². The minimum atomic E-state index is -1.22. The Bertz CT molecular complexity index is 3980. The maximum Gasteiger partial charge on any atom is 0.108 e. The molecule has 0 aliphatic carbocycles. The summed E-state index contributed by atoms with van der Waals surface area (Å²) in [6.07, 6.45) is 15.5. The monoisotopic (exact) mass is 1920 g/mol. The second-order valence-electron chi connectivity index (χ2n) is 30.1. The van der Waals surface area contributed by atoms with E-state index in [4.69, 9.17) is 57.0 Å². The van der Waals surface area contributed by atoms with E-state index in [0.29, 0.717) is 52.4 Å². The van der Waals surface area contributed by atoms with Gasteiger partial charge in [0.2, 0.25) is 0 Å². The average Bonchev–Trinajstić information content (AvgIpc) is 1.51. The molecule has 131 heavy (non-hydrogen) atoms. The Morgan fingerprint density at radius 2 is 0.328 bits per heavy atom. The Morgan fingerprint density at radius 3 is 0.405 bits per heavy atom. The molecule has 2 heterocycles. The Hall–Kier alpha value is -10.1. The van der Waals surface area contributed by atoms with Gasteiger partial charge in [-0.05, 0) is 185 Å². The summed E-state index contributed by atoms with van der Waals surface area (Å²) in [5.41, 5.74) is 16.9. The number of allylic oxidation sites excluding steroid dienone is 16. The SMILES string of the molecule is C1CCOC1.C1CCOC1.CC(/C=C(/C)O)=NCCN=C(C)/C=C(/C)O.CC(/C=C(/C)O)=NCCN=C(C)/C=C(/C)O.CC(/C=C(/C)O)=NCCN=C(C)/C=C(/C)O.CC(/C=C(/C)O)=NCCN=C(C)/C=C(/C)O.O.[OH+]=[Ti].[OH+]=[Ti].[Ti].[Ti].c1ccc([B-](c2ccccc2)(c2ccccc2)c2ccccc2)cc1.c1ccc([B-](c2ccccc2)(c2ccccc2)c2ccccc2)cc1. The molecule has 2 fully saturated rings. The van der Waals surface area contributed by atoms with Gasteiger partial charge in [0.05, 0.1) is 98.4 Å². The van der Waals surface area contributed by atoms with Crippen molar-refractivity contribution in [3.05, 3.63) is 337 Å². The zero-order chi connectivity index (χ0) is 95.2. The van der Waals surface area contributed by atoms with Crippen molar-refractivity contribution in [1.29, 1.82) is 0 Å². The Kier molecular flexibility index (Phi) is 74.0. The van der Waals surface area contributed by atoms with Gasteiger partial charge in [0, 0.05) is 116 Å². The molecule has 0 saturated carbocycles. The number of aliphatic hydroxyl groups excluding tert-OH is 8. The third-order valence-electron chi connectivity index (χ3n) is 18.7. The van der Waals surface area contributed by atoms with Crippen molar-refractivity contribution < 1.29 is 147 Å². The van der Waals surface area contributed by atoms with Gasteiger partial charge in [-0.25, -0.2) is 0 Å². The van der Waals surface area contributed by atoms with Crippen LogP contribution in [-0.2, 0) is 93.7 Å². The molecule has 0 bridgehead atoms. The first kappa shape index (κ1) is 125. The molecule has 8 aromatic rings. The fraction of sp³-hybridized carbons (Fsp3) is 0.308. The molecule has 0 atom stereocenters. The normalized spacial score (nSPS) is 13.7. The van der Waals surface area contributed by atoms with Crippen molar-refractivity contribution in [1.82, 2.24) is 0 Å². The van der Waals surface area contributed by atoms with Crippen LogP contribution in [-0.4, -0.2) is 190 Å². The van der Waals surface area contributed by atoms with E-state index >= 15 is 0 Å². The molecule has 0 radical (unpaired) electrons. The van der Waals surface area contributed by atoms with Gasteiger partial charge in [0.15, 0.2) is 0 Å². The van der Waals surface area contributed by atoms with Crippen LogP contribution in [0.4, 0.5) is 0 Å². The van der Waals surface area contributed by atoms with E-state index in [-0.39, 0.29) is 95.0 Å². The quantitative estimate of drug-likeness (QED) is 0.00753. The van der Waals surface area contributed by atoms with E-state index in [2.05, 4.69) is 283 Å². The van der Waals surface area contributed by atoms with Crippen LogP contribution in [0.2, 0.25) is 0 Å². The third kappa shape index (κ3) is 56.4. The predicted octanol–water partition coefficient (Wildman–Crippen LogP) is 17.9. The average molecular weight is 1920 g/mol. The largest absolute Gasteiger partial charge is 0.195 e. The van der Waals surface area contributed by atoms with Crippen molar-refractivity contribution in [2.24, 2.45) is 39.9 Å². The van der Waals surface area contributed by atoms with E-state index < -0.39 is 12.3 Å². The molecule has 2 aliphatic rings. The first-order chi connectivity index (χ1) is 61.5. The van der Waals surface area contributed by atoms with Crippen molar-refractivity contribution in [3.63, 3.8) is 0 Å². The molecular weight excluding hydrogens is 1780 g/mol. The Labute approximate surface area is 833 Å². The van der Waals surface area contributed by atoms with Gasteiger partial charge in [-0.15, -0.1) is 0 Å². The summed E-state index contributed by atoms with van der Waals surface area (Å²) in [6.45, 7) is 36.1. The molecule has 0 aromatic heterocycles. The first-order valence-electron chi connectivity index (χ1n) is 42.9. The molecule has 8 aromatic carbocycles. The molecule has 10 rings (SSSR count). The number of aliphatic imine (C=N–C) groups is 8. The van der Waals surface area contributed by atoms with Gasteiger partial charge >= 0.3 is 47.5 Å². The summed E-state index contributed by atoms with van der Waals surface area (Å²) >= 11 is 2.00. The number of aliphatic hydroxyl groups is 8. The molecule has 2 saturated heterocycles. The number of hydrogen-bond donors (Lipinski definition) is 8. The maximum atomic E-state index is 8.98. The first-order valence-corrected chi connectivity index (χ1v) is 44.3. The van der Waals surface area contributed by atoms with E-state index in [0.717, 1.165) is 113 Å². The fourth-order valence-electron chi connectivity index (χ4n) is 13.9. The van der Waals surface area contributed by atoms with Crippen molar-refractivity contribution in [3.8, 4) is 0 Å². The molecule has 0 amide bonds. The minimum Gasteiger partial charge on any atom is -0.195 e. The van der Waals surface area contributed by atoms with Crippen LogP contribution in [0.15, 0.2) is 377 Å². The smallest absolute Gasteiger partial charge is 0.108 e. The van der Waals surface area contributed by atoms with Gasteiger partial charge in [0.25, 0.3) is 0 Å². The predicted molar refractivity (Wildman–Crippen MR) is 543 cm³/mol. The van der Waals surface area contributed by atoms with Crippen LogP contribution in [0, 0.1) is 0 Å².